The van der Waals surface area contributed by atoms with Gasteiger partial charge in [-0.25, -0.2) is 9.97 Å². The summed E-state index contributed by atoms with van der Waals surface area (Å²) in [6, 6.07) is 9.50. The molecule has 2 aromatic rings. The SMILES string of the molecule is CCc1ccccc1OCCc1nc(Cl)cc(Cl)n1. The minimum atomic E-state index is 0.351. The summed E-state index contributed by atoms with van der Waals surface area (Å²) in [7, 11) is 0. The largest absolute Gasteiger partial charge is 0.493 e. The van der Waals surface area contributed by atoms with Gasteiger partial charge in [0.15, 0.2) is 0 Å². The maximum Gasteiger partial charge on any atom is 0.135 e. The summed E-state index contributed by atoms with van der Waals surface area (Å²) in [5, 5.41) is 0.702. The summed E-state index contributed by atoms with van der Waals surface area (Å²) in [6.07, 6.45) is 1.51. The van der Waals surface area contributed by atoms with Crippen LogP contribution < -0.4 is 4.74 Å². The number of halogens is 2. The smallest absolute Gasteiger partial charge is 0.135 e. The number of hydrogen-bond donors (Lipinski definition) is 0. The van der Waals surface area contributed by atoms with E-state index in [1.165, 1.54) is 11.6 Å². The summed E-state index contributed by atoms with van der Waals surface area (Å²) < 4.78 is 5.75. The highest BCUT2D eigenvalue weighted by Crippen LogP contribution is 2.18. The van der Waals surface area contributed by atoms with Crippen molar-refractivity contribution in [2.24, 2.45) is 0 Å². The van der Waals surface area contributed by atoms with Crippen LogP contribution >= 0.6 is 23.2 Å². The number of benzene rings is 1. The second kappa shape index (κ2) is 6.73. The molecular formula is C14H14Cl2N2O. The Balaban J connectivity index is 1.96. The standard InChI is InChI=1S/C14H14Cl2N2O/c1-2-10-5-3-4-6-11(10)19-8-7-14-17-12(15)9-13(16)18-14/h3-6,9H,2,7-8H2,1H3. The van der Waals surface area contributed by atoms with E-state index in [0.717, 1.165) is 12.2 Å². The first-order chi connectivity index (χ1) is 9.19. The lowest BCUT2D eigenvalue weighted by atomic mass is 10.1. The van der Waals surface area contributed by atoms with Crippen LogP contribution in [0.3, 0.4) is 0 Å². The van der Waals surface area contributed by atoms with E-state index in [1.54, 1.807) is 0 Å². The maximum atomic E-state index is 5.82. The van der Waals surface area contributed by atoms with Crippen molar-refractivity contribution >= 4 is 23.2 Å². The second-order valence-corrected chi connectivity index (χ2v) is 4.76. The molecule has 0 unspecified atom stereocenters. The molecule has 0 saturated heterocycles. The zero-order valence-corrected chi connectivity index (χ0v) is 12.1. The van der Waals surface area contributed by atoms with Gasteiger partial charge in [-0.15, -0.1) is 0 Å². The fraction of sp³-hybridized carbons (Fsp3) is 0.286. The third-order valence-corrected chi connectivity index (χ3v) is 3.03. The zero-order chi connectivity index (χ0) is 13.7. The molecule has 100 valence electrons. The molecule has 19 heavy (non-hydrogen) atoms. The summed E-state index contributed by atoms with van der Waals surface area (Å²) in [5.74, 6) is 1.49. The van der Waals surface area contributed by atoms with Gasteiger partial charge in [0, 0.05) is 12.5 Å². The van der Waals surface area contributed by atoms with Gasteiger partial charge in [0.05, 0.1) is 6.61 Å². The van der Waals surface area contributed by atoms with Crippen LogP contribution in [0, 0.1) is 0 Å². The number of rotatable bonds is 5. The lowest BCUT2D eigenvalue weighted by Gasteiger charge is -2.09. The number of hydrogen-bond acceptors (Lipinski definition) is 3. The van der Waals surface area contributed by atoms with Crippen molar-refractivity contribution in [3.8, 4) is 5.75 Å². The molecular weight excluding hydrogens is 283 g/mol. The first kappa shape index (κ1) is 14.1. The monoisotopic (exact) mass is 296 g/mol. The van der Waals surface area contributed by atoms with Crippen LogP contribution in [0.5, 0.6) is 5.75 Å². The average molecular weight is 297 g/mol. The number of aryl methyl sites for hydroxylation is 1. The summed E-state index contributed by atoms with van der Waals surface area (Å²) in [4.78, 5) is 8.20. The molecule has 0 atom stereocenters. The lowest BCUT2D eigenvalue weighted by Crippen LogP contribution is -2.06. The quantitative estimate of drug-likeness (QED) is 0.783. The van der Waals surface area contributed by atoms with Gasteiger partial charge in [0.2, 0.25) is 0 Å². The third-order valence-electron chi connectivity index (χ3n) is 2.65. The number of aromatic nitrogens is 2. The molecule has 0 N–H and O–H groups in total. The zero-order valence-electron chi connectivity index (χ0n) is 10.6. The van der Waals surface area contributed by atoms with Crippen molar-refractivity contribution in [1.29, 1.82) is 0 Å². The average Bonchev–Trinajstić information content (AvgIpc) is 2.38. The van der Waals surface area contributed by atoms with Crippen LogP contribution in [0.25, 0.3) is 0 Å². The highest BCUT2D eigenvalue weighted by Gasteiger charge is 2.04. The van der Waals surface area contributed by atoms with E-state index in [9.17, 15) is 0 Å². The minimum Gasteiger partial charge on any atom is -0.493 e. The highest BCUT2D eigenvalue weighted by molar-refractivity contribution is 6.33. The Morgan fingerprint density at radius 2 is 1.79 bits per heavy atom. The Kier molecular flexibility index (Phi) is 5.00. The molecule has 0 aliphatic heterocycles. The molecule has 2 rings (SSSR count). The van der Waals surface area contributed by atoms with E-state index < -0.39 is 0 Å². The molecule has 1 aromatic carbocycles. The van der Waals surface area contributed by atoms with Crippen LogP contribution in [-0.2, 0) is 12.8 Å². The van der Waals surface area contributed by atoms with Crippen molar-refractivity contribution in [3.63, 3.8) is 0 Å². The summed E-state index contributed by atoms with van der Waals surface area (Å²) in [5.41, 5.74) is 1.19. The van der Waals surface area contributed by atoms with Crippen molar-refractivity contribution in [2.45, 2.75) is 19.8 Å². The highest BCUT2D eigenvalue weighted by atomic mass is 35.5. The first-order valence-electron chi connectivity index (χ1n) is 6.08. The third kappa shape index (κ3) is 4.08. The van der Waals surface area contributed by atoms with Crippen LogP contribution in [-0.4, -0.2) is 16.6 Å². The summed E-state index contributed by atoms with van der Waals surface area (Å²) in [6.45, 7) is 2.59. The predicted molar refractivity (Wildman–Crippen MR) is 77.1 cm³/mol. The Morgan fingerprint density at radius 3 is 2.47 bits per heavy atom. The lowest BCUT2D eigenvalue weighted by molar-refractivity contribution is 0.316. The van der Waals surface area contributed by atoms with Crippen LogP contribution in [0.1, 0.15) is 18.3 Å². The fourth-order valence-electron chi connectivity index (χ4n) is 1.74. The number of para-hydroxylation sites is 1. The van der Waals surface area contributed by atoms with E-state index in [-0.39, 0.29) is 0 Å². The number of nitrogens with zero attached hydrogens (tertiary/aromatic N) is 2. The van der Waals surface area contributed by atoms with Gasteiger partial charge < -0.3 is 4.74 Å². The van der Waals surface area contributed by atoms with Gasteiger partial charge in [0.25, 0.3) is 0 Å². The van der Waals surface area contributed by atoms with Crippen LogP contribution in [0.2, 0.25) is 10.3 Å². The van der Waals surface area contributed by atoms with E-state index in [4.69, 9.17) is 27.9 Å². The molecule has 0 radical (unpaired) electrons. The Bertz CT molecular complexity index is 541. The van der Waals surface area contributed by atoms with E-state index in [0.29, 0.717) is 29.2 Å². The molecule has 0 aliphatic rings. The molecule has 0 aliphatic carbocycles. The van der Waals surface area contributed by atoms with Gasteiger partial charge >= 0.3 is 0 Å². The van der Waals surface area contributed by atoms with Gasteiger partial charge in [-0.05, 0) is 18.1 Å². The van der Waals surface area contributed by atoms with Gasteiger partial charge in [-0.1, -0.05) is 48.3 Å². The number of ether oxygens (including phenoxy) is 1. The Morgan fingerprint density at radius 1 is 1.11 bits per heavy atom. The maximum absolute atomic E-state index is 5.82. The summed E-state index contributed by atoms with van der Waals surface area (Å²) >= 11 is 11.6. The van der Waals surface area contributed by atoms with E-state index in [1.807, 2.05) is 18.2 Å². The molecule has 1 heterocycles. The molecule has 0 spiro atoms. The normalized spacial score (nSPS) is 10.5. The molecule has 0 amide bonds. The Labute approximate surface area is 122 Å². The van der Waals surface area contributed by atoms with E-state index >= 15 is 0 Å². The molecule has 5 heteroatoms. The van der Waals surface area contributed by atoms with E-state index in [2.05, 4.69) is 23.0 Å². The van der Waals surface area contributed by atoms with Crippen LogP contribution in [0.4, 0.5) is 0 Å². The Hall–Kier alpha value is -1.32. The van der Waals surface area contributed by atoms with Gasteiger partial charge in [-0.3, -0.25) is 0 Å². The molecule has 0 fully saturated rings. The second-order valence-electron chi connectivity index (χ2n) is 3.99. The minimum absolute atomic E-state index is 0.351. The van der Waals surface area contributed by atoms with Crippen molar-refractivity contribution in [2.75, 3.05) is 6.61 Å². The van der Waals surface area contributed by atoms with Gasteiger partial charge in [0.1, 0.15) is 21.9 Å². The van der Waals surface area contributed by atoms with Gasteiger partial charge in [-0.2, -0.15) is 0 Å². The molecule has 3 nitrogen and oxygen atoms in total. The van der Waals surface area contributed by atoms with Crippen molar-refractivity contribution in [3.05, 3.63) is 52.0 Å². The molecule has 0 bridgehead atoms. The fourth-order valence-corrected chi connectivity index (χ4v) is 2.19. The topological polar surface area (TPSA) is 35.0 Å². The van der Waals surface area contributed by atoms with Crippen LogP contribution in [0.15, 0.2) is 30.3 Å². The van der Waals surface area contributed by atoms with Crippen molar-refractivity contribution < 1.29 is 4.74 Å². The molecule has 1 aromatic heterocycles. The molecule has 0 saturated carbocycles. The first-order valence-corrected chi connectivity index (χ1v) is 6.84. The predicted octanol–water partition coefficient (Wildman–Crippen LogP) is 3.97. The van der Waals surface area contributed by atoms with Crippen molar-refractivity contribution in [1.82, 2.24) is 9.97 Å².